The van der Waals surface area contributed by atoms with Crippen LogP contribution in [-0.2, 0) is 13.2 Å². The van der Waals surface area contributed by atoms with Gasteiger partial charge in [-0.1, -0.05) is 33.6 Å². The highest BCUT2D eigenvalue weighted by molar-refractivity contribution is 9.10. The van der Waals surface area contributed by atoms with E-state index in [1.54, 1.807) is 6.92 Å². The molecule has 1 N–H and O–H groups in total. The summed E-state index contributed by atoms with van der Waals surface area (Å²) in [5, 5.41) is 14.8. The number of nitrogens with zero attached hydrogens (tertiary/aromatic N) is 2. The highest BCUT2D eigenvalue weighted by Gasteiger charge is 2.15. The minimum atomic E-state index is -0.596. The van der Waals surface area contributed by atoms with Gasteiger partial charge in [-0.05, 0) is 32.9 Å². The van der Waals surface area contributed by atoms with Crippen LogP contribution in [0.4, 0.5) is 0 Å². The smallest absolute Gasteiger partial charge is 0.131 e. The molecular weight excluding hydrogens is 356 g/mol. The lowest BCUT2D eigenvalue weighted by Crippen LogP contribution is -2.08. The Morgan fingerprint density at radius 3 is 2.81 bits per heavy atom. The topological polar surface area (TPSA) is 47.3 Å². The molecule has 1 aromatic carbocycles. The molecule has 114 valence electrons. The molecule has 0 spiro atoms. The quantitative estimate of drug-likeness (QED) is 0.852. The van der Waals surface area contributed by atoms with Crippen LogP contribution in [0.5, 0.6) is 5.75 Å². The Morgan fingerprint density at radius 1 is 1.48 bits per heavy atom. The van der Waals surface area contributed by atoms with Crippen molar-refractivity contribution in [3.8, 4) is 5.75 Å². The largest absolute Gasteiger partial charge is 0.487 e. The number of hydrogen-bond donors (Lipinski definition) is 1. The highest BCUT2D eigenvalue weighted by atomic mass is 79.9. The van der Waals surface area contributed by atoms with Crippen molar-refractivity contribution in [1.82, 2.24) is 9.78 Å². The molecule has 2 aromatic rings. The molecule has 0 fully saturated rings. The van der Waals surface area contributed by atoms with E-state index in [1.807, 2.05) is 36.7 Å². The molecule has 0 amide bonds. The van der Waals surface area contributed by atoms with E-state index >= 15 is 0 Å². The predicted molar refractivity (Wildman–Crippen MR) is 86.8 cm³/mol. The van der Waals surface area contributed by atoms with Crippen LogP contribution >= 0.6 is 27.5 Å². The fourth-order valence-corrected chi connectivity index (χ4v) is 2.66. The molecule has 2 rings (SSSR count). The number of rotatable bonds is 5. The van der Waals surface area contributed by atoms with Crippen molar-refractivity contribution >= 4 is 27.5 Å². The molecule has 0 saturated carbocycles. The first-order valence-electron chi connectivity index (χ1n) is 6.76. The lowest BCUT2D eigenvalue weighted by Gasteiger charge is -2.14. The normalized spacial score (nSPS) is 12.5. The average Bonchev–Trinajstić information content (AvgIpc) is 2.71. The Bertz CT molecular complexity index is 641. The van der Waals surface area contributed by atoms with Gasteiger partial charge in [0.2, 0.25) is 0 Å². The van der Waals surface area contributed by atoms with E-state index in [9.17, 15) is 5.11 Å². The van der Waals surface area contributed by atoms with Crippen LogP contribution in [-0.4, -0.2) is 14.9 Å². The second-order valence-electron chi connectivity index (χ2n) is 4.81. The Morgan fingerprint density at radius 2 is 2.19 bits per heavy atom. The highest BCUT2D eigenvalue weighted by Crippen LogP contribution is 2.30. The third kappa shape index (κ3) is 3.59. The molecule has 0 aliphatic carbocycles. The molecule has 1 unspecified atom stereocenters. The molecular formula is C15H18BrClN2O2. The fraction of sp³-hybridized carbons (Fsp3) is 0.400. The number of aliphatic hydroxyl groups excluding tert-OH is 1. The van der Waals surface area contributed by atoms with Gasteiger partial charge < -0.3 is 9.84 Å². The van der Waals surface area contributed by atoms with E-state index in [-0.39, 0.29) is 0 Å². The number of benzene rings is 1. The minimum absolute atomic E-state index is 0.309. The Kier molecular flexibility index (Phi) is 5.30. The Balaban J connectivity index is 2.26. The number of aryl methyl sites for hydroxylation is 2. The first-order valence-corrected chi connectivity index (χ1v) is 7.93. The van der Waals surface area contributed by atoms with Gasteiger partial charge in [0, 0.05) is 16.6 Å². The fourth-order valence-electron chi connectivity index (χ4n) is 2.13. The zero-order chi connectivity index (χ0) is 15.6. The summed E-state index contributed by atoms with van der Waals surface area (Å²) in [6, 6.07) is 5.56. The summed E-state index contributed by atoms with van der Waals surface area (Å²) in [5.41, 5.74) is 2.38. The van der Waals surface area contributed by atoms with E-state index in [0.29, 0.717) is 17.4 Å². The molecule has 0 aliphatic rings. The van der Waals surface area contributed by atoms with Gasteiger partial charge in [-0.3, -0.25) is 4.68 Å². The maximum absolute atomic E-state index is 9.81. The van der Waals surface area contributed by atoms with Crippen LogP contribution < -0.4 is 4.74 Å². The van der Waals surface area contributed by atoms with Crippen molar-refractivity contribution in [3.63, 3.8) is 0 Å². The van der Waals surface area contributed by atoms with Crippen molar-refractivity contribution in [3.05, 3.63) is 44.6 Å². The van der Waals surface area contributed by atoms with Gasteiger partial charge in [0.25, 0.3) is 0 Å². The van der Waals surface area contributed by atoms with Crippen LogP contribution in [0.15, 0.2) is 22.7 Å². The van der Waals surface area contributed by atoms with Crippen molar-refractivity contribution in [2.24, 2.45) is 0 Å². The molecule has 1 aromatic heterocycles. The molecule has 0 saturated heterocycles. The van der Waals surface area contributed by atoms with Crippen molar-refractivity contribution in [2.45, 2.75) is 40.0 Å². The summed E-state index contributed by atoms with van der Waals surface area (Å²) in [7, 11) is 0. The molecule has 6 heteroatoms. The maximum Gasteiger partial charge on any atom is 0.131 e. The number of aromatic nitrogens is 2. The van der Waals surface area contributed by atoms with Gasteiger partial charge >= 0.3 is 0 Å². The molecule has 0 bridgehead atoms. The zero-order valence-corrected chi connectivity index (χ0v) is 14.6. The van der Waals surface area contributed by atoms with Gasteiger partial charge in [-0.2, -0.15) is 5.10 Å². The predicted octanol–water partition coefficient (Wildman–Crippen LogP) is 4.26. The summed E-state index contributed by atoms with van der Waals surface area (Å²) < 4.78 is 8.59. The lowest BCUT2D eigenvalue weighted by atomic mass is 10.1. The van der Waals surface area contributed by atoms with Gasteiger partial charge in [0.15, 0.2) is 0 Å². The SMILES string of the molecule is CCn1nc(C)c(Cl)c1COc1cc(Br)ccc1C(C)O. The van der Waals surface area contributed by atoms with E-state index in [2.05, 4.69) is 21.0 Å². The number of halogens is 2. The molecule has 1 heterocycles. The van der Waals surface area contributed by atoms with Crippen LogP contribution in [0.1, 0.15) is 36.9 Å². The zero-order valence-electron chi connectivity index (χ0n) is 12.2. The van der Waals surface area contributed by atoms with Crippen LogP contribution in [0, 0.1) is 6.92 Å². The molecule has 0 radical (unpaired) electrons. The summed E-state index contributed by atoms with van der Waals surface area (Å²) in [4.78, 5) is 0. The second-order valence-corrected chi connectivity index (χ2v) is 6.10. The molecule has 21 heavy (non-hydrogen) atoms. The summed E-state index contributed by atoms with van der Waals surface area (Å²) in [6.07, 6.45) is -0.596. The standard InChI is InChI=1S/C15H18BrClN2O2/c1-4-19-13(15(17)9(2)18-19)8-21-14-7-11(16)5-6-12(14)10(3)20/h5-7,10,20H,4,8H2,1-3H3. The number of aliphatic hydroxyl groups is 1. The van der Waals surface area contributed by atoms with Crippen LogP contribution in [0.25, 0.3) is 0 Å². The second kappa shape index (κ2) is 6.81. The van der Waals surface area contributed by atoms with E-state index in [4.69, 9.17) is 16.3 Å². The van der Waals surface area contributed by atoms with Gasteiger partial charge in [0.1, 0.15) is 12.4 Å². The van der Waals surface area contributed by atoms with Gasteiger partial charge in [-0.25, -0.2) is 0 Å². The van der Waals surface area contributed by atoms with E-state index in [0.717, 1.165) is 28.0 Å². The summed E-state index contributed by atoms with van der Waals surface area (Å²) in [6.45, 7) is 6.63. The maximum atomic E-state index is 9.81. The van der Waals surface area contributed by atoms with E-state index in [1.165, 1.54) is 0 Å². The number of hydrogen-bond acceptors (Lipinski definition) is 3. The van der Waals surface area contributed by atoms with Crippen LogP contribution in [0.2, 0.25) is 5.02 Å². The first-order chi connectivity index (χ1) is 9.93. The summed E-state index contributed by atoms with van der Waals surface area (Å²) >= 11 is 9.68. The molecule has 1 atom stereocenters. The minimum Gasteiger partial charge on any atom is -0.487 e. The van der Waals surface area contributed by atoms with Crippen molar-refractivity contribution in [1.29, 1.82) is 0 Å². The van der Waals surface area contributed by atoms with Gasteiger partial charge in [0.05, 0.1) is 22.5 Å². The van der Waals surface area contributed by atoms with E-state index < -0.39 is 6.10 Å². The Labute approximate surface area is 137 Å². The third-order valence-corrected chi connectivity index (χ3v) is 4.23. The van der Waals surface area contributed by atoms with Gasteiger partial charge in [-0.15, -0.1) is 0 Å². The average molecular weight is 374 g/mol. The number of ether oxygens (including phenoxy) is 1. The van der Waals surface area contributed by atoms with Crippen molar-refractivity contribution in [2.75, 3.05) is 0 Å². The lowest BCUT2D eigenvalue weighted by molar-refractivity contribution is 0.189. The Hall–Kier alpha value is -1.04. The van der Waals surface area contributed by atoms with Crippen molar-refractivity contribution < 1.29 is 9.84 Å². The summed E-state index contributed by atoms with van der Waals surface area (Å²) in [5.74, 6) is 0.636. The molecule has 0 aliphatic heterocycles. The van der Waals surface area contributed by atoms with Crippen LogP contribution in [0.3, 0.4) is 0 Å². The third-order valence-electron chi connectivity index (χ3n) is 3.24. The molecule has 4 nitrogen and oxygen atoms in total. The first kappa shape index (κ1) is 16.3. The monoisotopic (exact) mass is 372 g/mol.